The summed E-state index contributed by atoms with van der Waals surface area (Å²) in [5.74, 6) is 0.333. The summed E-state index contributed by atoms with van der Waals surface area (Å²) < 4.78 is 34.0. The third-order valence-electron chi connectivity index (χ3n) is 4.69. The predicted octanol–water partition coefficient (Wildman–Crippen LogP) is 4.20. The number of amides is 1. The Labute approximate surface area is 181 Å². The van der Waals surface area contributed by atoms with Gasteiger partial charge in [0, 0.05) is 6.54 Å². The number of halogens is 1. The van der Waals surface area contributed by atoms with Gasteiger partial charge in [-0.3, -0.25) is 4.79 Å². The van der Waals surface area contributed by atoms with Gasteiger partial charge in [0.15, 0.2) is 5.13 Å². The number of hydrogen-bond acceptors (Lipinski definition) is 7. The second-order valence-corrected chi connectivity index (χ2v) is 11.4. The maximum absolute atomic E-state index is 13.1. The number of thiazole rings is 1. The normalized spacial score (nSPS) is 18.1. The van der Waals surface area contributed by atoms with Crippen LogP contribution in [0.2, 0.25) is 4.34 Å². The molecule has 154 valence electrons. The van der Waals surface area contributed by atoms with Crippen LogP contribution in [0.5, 0.6) is 5.75 Å². The molecule has 1 saturated heterocycles. The number of ether oxygens (including phenoxy) is 1. The first-order valence-electron chi connectivity index (χ1n) is 8.91. The minimum atomic E-state index is -3.79. The summed E-state index contributed by atoms with van der Waals surface area (Å²) in [6, 6.07) is 7.71. The van der Waals surface area contributed by atoms with E-state index in [1.54, 1.807) is 19.2 Å². The Morgan fingerprint density at radius 3 is 2.83 bits per heavy atom. The van der Waals surface area contributed by atoms with Crippen LogP contribution in [0.4, 0.5) is 5.13 Å². The molecule has 0 bridgehead atoms. The van der Waals surface area contributed by atoms with Crippen LogP contribution < -0.4 is 10.1 Å². The second kappa shape index (κ2) is 8.19. The lowest BCUT2D eigenvalue weighted by atomic mass is 10.0. The molecule has 0 aliphatic carbocycles. The Kier molecular flexibility index (Phi) is 5.80. The van der Waals surface area contributed by atoms with E-state index in [4.69, 9.17) is 16.3 Å². The van der Waals surface area contributed by atoms with E-state index in [-0.39, 0.29) is 10.1 Å². The van der Waals surface area contributed by atoms with Crippen LogP contribution in [0.3, 0.4) is 0 Å². The zero-order valence-corrected chi connectivity index (χ0v) is 18.6. The topological polar surface area (TPSA) is 88.6 Å². The average molecular weight is 472 g/mol. The summed E-state index contributed by atoms with van der Waals surface area (Å²) in [6.07, 6.45) is 1.96. The molecule has 1 aromatic carbocycles. The Hall–Kier alpha value is -1.72. The van der Waals surface area contributed by atoms with Gasteiger partial charge in [0.2, 0.25) is 5.91 Å². The number of carbonyl (C=O) groups is 1. The molecule has 1 fully saturated rings. The highest BCUT2D eigenvalue weighted by molar-refractivity contribution is 7.91. The summed E-state index contributed by atoms with van der Waals surface area (Å²) >= 11 is 8.23. The molecule has 1 aliphatic heterocycles. The lowest BCUT2D eigenvalue weighted by Gasteiger charge is -2.32. The molecule has 1 atom stereocenters. The van der Waals surface area contributed by atoms with Crippen molar-refractivity contribution in [3.05, 3.63) is 34.7 Å². The molecule has 3 aromatic rings. The molecule has 3 heterocycles. The summed E-state index contributed by atoms with van der Waals surface area (Å²) in [5.41, 5.74) is 0.743. The third kappa shape index (κ3) is 4.13. The van der Waals surface area contributed by atoms with Gasteiger partial charge >= 0.3 is 0 Å². The Bertz CT molecular complexity index is 1160. The molecular formula is C18H18ClN3O4S3. The van der Waals surface area contributed by atoms with E-state index in [1.807, 2.05) is 12.1 Å². The molecule has 0 saturated carbocycles. The van der Waals surface area contributed by atoms with E-state index >= 15 is 0 Å². The Morgan fingerprint density at radius 2 is 2.10 bits per heavy atom. The quantitative estimate of drug-likeness (QED) is 0.602. The van der Waals surface area contributed by atoms with Crippen LogP contribution in [-0.4, -0.2) is 43.3 Å². The number of nitrogens with zero attached hydrogens (tertiary/aromatic N) is 2. The van der Waals surface area contributed by atoms with E-state index < -0.39 is 16.1 Å². The lowest BCUT2D eigenvalue weighted by molar-refractivity contribution is -0.120. The molecule has 2 aromatic heterocycles. The number of hydrogen-bond donors (Lipinski definition) is 1. The number of piperidine rings is 1. The fourth-order valence-electron chi connectivity index (χ4n) is 3.28. The van der Waals surface area contributed by atoms with Crippen LogP contribution in [0.25, 0.3) is 10.2 Å². The van der Waals surface area contributed by atoms with Crippen molar-refractivity contribution in [2.75, 3.05) is 19.0 Å². The molecule has 1 N–H and O–H groups in total. The maximum Gasteiger partial charge on any atom is 0.253 e. The largest absolute Gasteiger partial charge is 0.497 e. The van der Waals surface area contributed by atoms with Gasteiger partial charge in [-0.1, -0.05) is 29.4 Å². The molecule has 1 unspecified atom stereocenters. The molecule has 29 heavy (non-hydrogen) atoms. The zero-order chi connectivity index (χ0) is 20.6. The van der Waals surface area contributed by atoms with Gasteiger partial charge in [0.25, 0.3) is 10.0 Å². The monoisotopic (exact) mass is 471 g/mol. The average Bonchev–Trinajstić information content (AvgIpc) is 3.33. The highest BCUT2D eigenvalue weighted by Gasteiger charge is 2.38. The van der Waals surface area contributed by atoms with E-state index in [1.165, 1.54) is 21.7 Å². The highest BCUT2D eigenvalue weighted by atomic mass is 35.5. The van der Waals surface area contributed by atoms with Gasteiger partial charge in [-0.2, -0.15) is 4.31 Å². The number of sulfonamides is 1. The number of carbonyl (C=O) groups excluding carboxylic acids is 1. The molecule has 11 heteroatoms. The number of methoxy groups -OCH3 is 1. The minimum Gasteiger partial charge on any atom is -0.497 e. The van der Waals surface area contributed by atoms with E-state index in [2.05, 4.69) is 10.3 Å². The number of rotatable bonds is 5. The zero-order valence-electron chi connectivity index (χ0n) is 15.4. The summed E-state index contributed by atoms with van der Waals surface area (Å²) in [4.78, 5) is 17.4. The van der Waals surface area contributed by atoms with Crippen molar-refractivity contribution in [1.29, 1.82) is 0 Å². The van der Waals surface area contributed by atoms with Crippen LogP contribution >= 0.6 is 34.3 Å². The predicted molar refractivity (Wildman–Crippen MR) is 116 cm³/mol. The second-order valence-electron chi connectivity index (χ2n) is 6.53. The first kappa shape index (κ1) is 20.5. The van der Waals surface area contributed by atoms with Crippen molar-refractivity contribution in [1.82, 2.24) is 9.29 Å². The van der Waals surface area contributed by atoms with Crippen LogP contribution in [0.1, 0.15) is 19.3 Å². The van der Waals surface area contributed by atoms with E-state index in [0.717, 1.165) is 28.0 Å². The number of nitrogens with one attached hydrogen (secondary N) is 1. The van der Waals surface area contributed by atoms with E-state index in [0.29, 0.717) is 34.6 Å². The van der Waals surface area contributed by atoms with Crippen molar-refractivity contribution in [2.24, 2.45) is 0 Å². The highest BCUT2D eigenvalue weighted by Crippen LogP contribution is 2.33. The van der Waals surface area contributed by atoms with Crippen LogP contribution in [0.15, 0.2) is 34.5 Å². The van der Waals surface area contributed by atoms with Crippen molar-refractivity contribution in [3.8, 4) is 5.75 Å². The summed E-state index contributed by atoms with van der Waals surface area (Å²) in [5, 5.41) is 3.23. The van der Waals surface area contributed by atoms with Gasteiger partial charge in [-0.15, -0.1) is 11.3 Å². The number of aromatic nitrogens is 1. The van der Waals surface area contributed by atoms with Gasteiger partial charge in [0.05, 0.1) is 21.7 Å². The fourth-order valence-corrected chi connectivity index (χ4v) is 7.45. The molecule has 0 radical (unpaired) electrons. The summed E-state index contributed by atoms with van der Waals surface area (Å²) in [6.45, 7) is 0.299. The Morgan fingerprint density at radius 1 is 1.28 bits per heavy atom. The Balaban J connectivity index is 1.57. The van der Waals surface area contributed by atoms with Gasteiger partial charge in [-0.05, 0) is 43.2 Å². The van der Waals surface area contributed by atoms with Crippen LogP contribution in [0, 0.1) is 0 Å². The number of fused-ring (bicyclic) bond motifs is 1. The van der Waals surface area contributed by atoms with Crippen molar-refractivity contribution in [3.63, 3.8) is 0 Å². The summed E-state index contributed by atoms with van der Waals surface area (Å²) in [7, 11) is -2.20. The first-order valence-corrected chi connectivity index (χ1v) is 12.4. The molecule has 4 rings (SSSR count). The van der Waals surface area contributed by atoms with Crippen LogP contribution in [-0.2, 0) is 14.8 Å². The molecule has 1 aliphatic rings. The number of anilines is 1. The molecule has 0 spiro atoms. The van der Waals surface area contributed by atoms with Gasteiger partial charge in [0.1, 0.15) is 16.0 Å². The van der Waals surface area contributed by atoms with Gasteiger partial charge in [-0.25, -0.2) is 13.4 Å². The first-order chi connectivity index (χ1) is 13.9. The van der Waals surface area contributed by atoms with E-state index in [9.17, 15) is 13.2 Å². The SMILES string of the molecule is COc1ccc2nc(NC(=O)C3CCCCN3S(=O)(=O)c3ccc(Cl)s3)sc2c1. The van der Waals surface area contributed by atoms with Crippen molar-refractivity contribution >= 4 is 65.6 Å². The molecule has 7 nitrogen and oxygen atoms in total. The number of benzene rings is 1. The van der Waals surface area contributed by atoms with Gasteiger partial charge < -0.3 is 10.1 Å². The van der Waals surface area contributed by atoms with Crippen molar-refractivity contribution < 1.29 is 17.9 Å². The maximum atomic E-state index is 13.1. The third-order valence-corrected chi connectivity index (χ3v) is 9.23. The molecule has 1 amide bonds. The van der Waals surface area contributed by atoms with Crippen molar-refractivity contribution in [2.45, 2.75) is 29.5 Å². The lowest BCUT2D eigenvalue weighted by Crippen LogP contribution is -2.49. The minimum absolute atomic E-state index is 0.147. The standard InChI is InChI=1S/C18H18ClN3O4S3/c1-26-11-5-6-12-14(10-11)27-18(20-12)21-17(23)13-4-2-3-9-22(13)29(24,25)16-8-7-15(19)28-16/h5-8,10,13H,2-4,9H2,1H3,(H,20,21,23). The smallest absolute Gasteiger partial charge is 0.253 e. The number of thiophene rings is 1. The fraction of sp³-hybridized carbons (Fsp3) is 0.333. The molecular weight excluding hydrogens is 454 g/mol.